The molecule has 1 fully saturated rings. The van der Waals surface area contributed by atoms with Gasteiger partial charge < -0.3 is 15.4 Å². The summed E-state index contributed by atoms with van der Waals surface area (Å²) in [5.74, 6) is 0.431. The van der Waals surface area contributed by atoms with Gasteiger partial charge in [0.2, 0.25) is 5.95 Å². The number of nitrogens with two attached hydrogens (primary N) is 1. The molecular formula is C15H19N5O2S. The van der Waals surface area contributed by atoms with E-state index in [0.717, 1.165) is 30.1 Å². The van der Waals surface area contributed by atoms with Gasteiger partial charge in [-0.2, -0.15) is 0 Å². The molecule has 0 aliphatic carbocycles. The zero-order valence-corrected chi connectivity index (χ0v) is 13.8. The number of carbonyl (C=O) groups excluding carboxylic acids is 1. The monoisotopic (exact) mass is 333 g/mol. The fraction of sp³-hybridized carbons (Fsp3) is 0.467. The van der Waals surface area contributed by atoms with Crippen LogP contribution in [-0.2, 0) is 11.3 Å². The number of nitrogens with zero attached hydrogens (tertiary/aromatic N) is 4. The normalized spacial score (nSPS) is 18.1. The minimum atomic E-state index is -0.0321. The number of ether oxygens (including phenoxy) is 1. The lowest BCUT2D eigenvalue weighted by Crippen LogP contribution is -2.39. The molecular weight excluding hydrogens is 314 g/mol. The summed E-state index contributed by atoms with van der Waals surface area (Å²) in [7, 11) is 1.62. The summed E-state index contributed by atoms with van der Waals surface area (Å²) < 4.78 is 5.05. The SMILES string of the molecule is COCc1nc(C(=O)N2CCCC(c3ccnc(N)n3)C2)cs1. The van der Waals surface area contributed by atoms with E-state index in [1.165, 1.54) is 11.3 Å². The number of anilines is 1. The highest BCUT2D eigenvalue weighted by Gasteiger charge is 2.27. The average Bonchev–Trinajstić information content (AvgIpc) is 3.03. The molecule has 2 aromatic rings. The van der Waals surface area contributed by atoms with Crippen LogP contribution in [0.15, 0.2) is 17.6 Å². The summed E-state index contributed by atoms with van der Waals surface area (Å²) in [6.45, 7) is 1.81. The van der Waals surface area contributed by atoms with E-state index >= 15 is 0 Å². The minimum Gasteiger partial charge on any atom is -0.378 e. The molecule has 0 saturated carbocycles. The number of rotatable bonds is 4. The first kappa shape index (κ1) is 15.8. The predicted octanol–water partition coefficient (Wildman–Crippen LogP) is 1.68. The molecule has 8 heteroatoms. The first-order valence-electron chi connectivity index (χ1n) is 7.48. The number of hydrogen-bond donors (Lipinski definition) is 1. The lowest BCUT2D eigenvalue weighted by atomic mass is 9.94. The standard InChI is InChI=1S/C15H19N5O2S/c1-22-8-13-18-12(9-23-13)14(21)20-6-2-3-10(7-20)11-4-5-17-15(16)19-11/h4-5,9-10H,2-3,6-8H2,1H3,(H2,16,17,19). The molecule has 1 unspecified atom stereocenters. The van der Waals surface area contributed by atoms with E-state index in [-0.39, 0.29) is 17.8 Å². The summed E-state index contributed by atoms with van der Waals surface area (Å²) in [6, 6.07) is 1.87. The fourth-order valence-electron chi connectivity index (χ4n) is 2.78. The quantitative estimate of drug-likeness (QED) is 0.915. The molecule has 3 rings (SSSR count). The van der Waals surface area contributed by atoms with Crippen molar-refractivity contribution in [1.82, 2.24) is 19.9 Å². The van der Waals surface area contributed by atoms with E-state index in [2.05, 4.69) is 15.0 Å². The van der Waals surface area contributed by atoms with Crippen molar-refractivity contribution in [2.75, 3.05) is 25.9 Å². The molecule has 23 heavy (non-hydrogen) atoms. The van der Waals surface area contributed by atoms with Crippen LogP contribution in [0.25, 0.3) is 0 Å². The molecule has 1 aliphatic rings. The van der Waals surface area contributed by atoms with Gasteiger partial charge in [-0.15, -0.1) is 11.3 Å². The second kappa shape index (κ2) is 7.01. The number of likely N-dealkylation sites (tertiary alicyclic amines) is 1. The van der Waals surface area contributed by atoms with Crippen LogP contribution < -0.4 is 5.73 Å². The van der Waals surface area contributed by atoms with Crippen LogP contribution in [0.4, 0.5) is 5.95 Å². The smallest absolute Gasteiger partial charge is 0.273 e. The number of nitrogen functional groups attached to an aromatic ring is 1. The highest BCUT2D eigenvalue weighted by Crippen LogP contribution is 2.27. The van der Waals surface area contributed by atoms with E-state index in [1.807, 2.05) is 11.0 Å². The van der Waals surface area contributed by atoms with Crippen LogP contribution in [-0.4, -0.2) is 46.0 Å². The number of carbonyl (C=O) groups is 1. The Labute approximate surface area is 138 Å². The van der Waals surface area contributed by atoms with E-state index in [9.17, 15) is 4.79 Å². The molecule has 122 valence electrons. The molecule has 1 atom stereocenters. The van der Waals surface area contributed by atoms with Crippen molar-refractivity contribution in [2.24, 2.45) is 0 Å². The highest BCUT2D eigenvalue weighted by atomic mass is 32.1. The third-order valence-corrected chi connectivity index (χ3v) is 4.68. The molecule has 0 aromatic carbocycles. The van der Waals surface area contributed by atoms with Crippen molar-refractivity contribution in [3.8, 4) is 0 Å². The molecule has 0 bridgehead atoms. The van der Waals surface area contributed by atoms with E-state index in [0.29, 0.717) is 18.8 Å². The van der Waals surface area contributed by atoms with Gasteiger partial charge in [0.25, 0.3) is 5.91 Å². The van der Waals surface area contributed by atoms with Crippen molar-refractivity contribution in [3.05, 3.63) is 34.0 Å². The Hall–Kier alpha value is -2.06. The van der Waals surface area contributed by atoms with Crippen LogP contribution in [0.3, 0.4) is 0 Å². The first-order valence-corrected chi connectivity index (χ1v) is 8.36. The second-order valence-electron chi connectivity index (χ2n) is 5.49. The van der Waals surface area contributed by atoms with Crippen molar-refractivity contribution in [1.29, 1.82) is 0 Å². The minimum absolute atomic E-state index is 0.0321. The zero-order valence-electron chi connectivity index (χ0n) is 12.9. The number of methoxy groups -OCH3 is 1. The highest BCUT2D eigenvalue weighted by molar-refractivity contribution is 7.09. The lowest BCUT2D eigenvalue weighted by Gasteiger charge is -2.32. The largest absolute Gasteiger partial charge is 0.378 e. The molecule has 1 saturated heterocycles. The third-order valence-electron chi connectivity index (χ3n) is 3.86. The molecule has 7 nitrogen and oxygen atoms in total. The van der Waals surface area contributed by atoms with Crippen LogP contribution in [0, 0.1) is 0 Å². The maximum absolute atomic E-state index is 12.6. The summed E-state index contributed by atoms with van der Waals surface area (Å²) >= 11 is 1.44. The van der Waals surface area contributed by atoms with Gasteiger partial charge >= 0.3 is 0 Å². The van der Waals surface area contributed by atoms with Gasteiger partial charge in [0.15, 0.2) is 0 Å². The maximum atomic E-state index is 12.6. The Morgan fingerprint density at radius 3 is 3.17 bits per heavy atom. The van der Waals surface area contributed by atoms with Gasteiger partial charge in [0, 0.05) is 37.7 Å². The summed E-state index contributed by atoms with van der Waals surface area (Å²) in [5, 5.41) is 2.61. The number of piperidine rings is 1. The zero-order chi connectivity index (χ0) is 16.2. The van der Waals surface area contributed by atoms with Crippen LogP contribution in [0.2, 0.25) is 0 Å². The second-order valence-corrected chi connectivity index (χ2v) is 6.43. The van der Waals surface area contributed by atoms with Crippen LogP contribution in [0.1, 0.15) is 39.9 Å². The average molecular weight is 333 g/mol. The van der Waals surface area contributed by atoms with Gasteiger partial charge in [0.05, 0.1) is 12.3 Å². The van der Waals surface area contributed by atoms with Gasteiger partial charge in [-0.05, 0) is 18.9 Å². The molecule has 0 spiro atoms. The maximum Gasteiger partial charge on any atom is 0.273 e. The van der Waals surface area contributed by atoms with Gasteiger partial charge in [0.1, 0.15) is 10.7 Å². The lowest BCUT2D eigenvalue weighted by molar-refractivity contribution is 0.0700. The Kier molecular flexibility index (Phi) is 4.82. The topological polar surface area (TPSA) is 94.2 Å². The van der Waals surface area contributed by atoms with Gasteiger partial charge in [-0.3, -0.25) is 4.79 Å². The summed E-state index contributed by atoms with van der Waals surface area (Å²) in [4.78, 5) is 27.0. The molecule has 1 amide bonds. The van der Waals surface area contributed by atoms with Crippen molar-refractivity contribution >= 4 is 23.2 Å². The van der Waals surface area contributed by atoms with Gasteiger partial charge in [-0.1, -0.05) is 0 Å². The van der Waals surface area contributed by atoms with E-state index in [1.54, 1.807) is 18.7 Å². The Morgan fingerprint density at radius 2 is 2.39 bits per heavy atom. The van der Waals surface area contributed by atoms with Crippen LogP contribution >= 0.6 is 11.3 Å². The van der Waals surface area contributed by atoms with Crippen LogP contribution in [0.5, 0.6) is 0 Å². The number of amides is 1. The molecule has 3 heterocycles. The fourth-order valence-corrected chi connectivity index (χ4v) is 3.52. The van der Waals surface area contributed by atoms with Crippen molar-refractivity contribution in [3.63, 3.8) is 0 Å². The van der Waals surface area contributed by atoms with Gasteiger partial charge in [-0.25, -0.2) is 15.0 Å². The molecule has 2 aromatic heterocycles. The predicted molar refractivity (Wildman–Crippen MR) is 87.1 cm³/mol. The third kappa shape index (κ3) is 3.65. The molecule has 1 aliphatic heterocycles. The van der Waals surface area contributed by atoms with E-state index in [4.69, 9.17) is 10.5 Å². The number of thiazole rings is 1. The summed E-state index contributed by atoms with van der Waals surface area (Å²) in [6.07, 6.45) is 3.59. The Balaban J connectivity index is 1.71. The van der Waals surface area contributed by atoms with E-state index < -0.39 is 0 Å². The Morgan fingerprint density at radius 1 is 1.52 bits per heavy atom. The van der Waals surface area contributed by atoms with Crippen molar-refractivity contribution < 1.29 is 9.53 Å². The molecule has 2 N–H and O–H groups in total. The first-order chi connectivity index (χ1) is 11.2. The Bertz CT molecular complexity index is 690. The number of hydrogen-bond acceptors (Lipinski definition) is 7. The number of aromatic nitrogens is 3. The van der Waals surface area contributed by atoms with Crippen molar-refractivity contribution in [2.45, 2.75) is 25.4 Å². The summed E-state index contributed by atoms with van der Waals surface area (Å²) in [5.41, 5.74) is 7.05. The molecule has 0 radical (unpaired) electrons.